The third-order valence-corrected chi connectivity index (χ3v) is 7.43. The van der Waals surface area contributed by atoms with Crippen LogP contribution < -0.4 is 11.4 Å². The average molecular weight is 583 g/mol. The van der Waals surface area contributed by atoms with E-state index in [9.17, 15) is 9.59 Å². The molecule has 0 atom stereocenters. The maximum Gasteiger partial charge on any atom is 0.343 e. The number of aromatic amines is 4. The first-order valence-electron chi connectivity index (χ1n) is 13.8. The summed E-state index contributed by atoms with van der Waals surface area (Å²) >= 11 is 0. The second-order valence-electron chi connectivity index (χ2n) is 10.2. The van der Waals surface area contributed by atoms with Crippen LogP contribution >= 0.6 is 0 Å². The van der Waals surface area contributed by atoms with Crippen LogP contribution in [0.15, 0.2) is 107 Å². The van der Waals surface area contributed by atoms with Crippen LogP contribution in [0, 0.1) is 0 Å². The predicted octanol–water partition coefficient (Wildman–Crippen LogP) is 4.64. The topological polar surface area (TPSA) is 159 Å². The van der Waals surface area contributed by atoms with Gasteiger partial charge in [0.05, 0.1) is 11.4 Å². The SMILES string of the molecule is Cn1c(-c2ccc3[nH]c(-c4ccccn4)cc3c2)n[nH]c1=O.Cn1c(-c2ccc3[nH]c(-c4cccnc4)cc3c2)n[nH]c1=O. The number of aromatic nitrogens is 10. The summed E-state index contributed by atoms with van der Waals surface area (Å²) in [6.45, 7) is 0. The van der Waals surface area contributed by atoms with Crippen LogP contribution in [0.3, 0.4) is 0 Å². The van der Waals surface area contributed by atoms with E-state index < -0.39 is 0 Å². The van der Waals surface area contributed by atoms with Gasteiger partial charge in [-0.05, 0) is 72.8 Å². The summed E-state index contributed by atoms with van der Waals surface area (Å²) in [5.74, 6) is 1.24. The van der Waals surface area contributed by atoms with Crippen molar-refractivity contribution in [2.75, 3.05) is 0 Å². The minimum atomic E-state index is -0.224. The molecule has 44 heavy (non-hydrogen) atoms. The molecule has 0 fully saturated rings. The van der Waals surface area contributed by atoms with Crippen LogP contribution in [0.1, 0.15) is 0 Å². The number of hydrogen-bond donors (Lipinski definition) is 4. The fourth-order valence-corrected chi connectivity index (χ4v) is 5.09. The van der Waals surface area contributed by atoms with Gasteiger partial charge in [0.2, 0.25) is 0 Å². The van der Waals surface area contributed by atoms with E-state index in [2.05, 4.69) is 46.4 Å². The van der Waals surface area contributed by atoms with Crippen LogP contribution in [-0.4, -0.2) is 49.5 Å². The number of H-pyrrole nitrogens is 4. The number of rotatable bonds is 4. The zero-order chi connectivity index (χ0) is 30.2. The van der Waals surface area contributed by atoms with Crippen molar-refractivity contribution in [1.82, 2.24) is 49.5 Å². The summed E-state index contributed by atoms with van der Waals surface area (Å²) in [4.78, 5) is 38.2. The molecule has 0 aliphatic carbocycles. The Balaban J connectivity index is 0.000000142. The van der Waals surface area contributed by atoms with E-state index in [-0.39, 0.29) is 11.4 Å². The first-order chi connectivity index (χ1) is 21.4. The summed E-state index contributed by atoms with van der Waals surface area (Å²) in [6, 6.07) is 25.7. The highest BCUT2D eigenvalue weighted by molar-refractivity contribution is 5.89. The van der Waals surface area contributed by atoms with Crippen LogP contribution in [0.2, 0.25) is 0 Å². The van der Waals surface area contributed by atoms with Gasteiger partial charge < -0.3 is 9.97 Å². The Bertz CT molecular complexity index is 2190. The molecule has 8 rings (SSSR count). The zero-order valence-electron chi connectivity index (χ0n) is 23.7. The number of pyridine rings is 2. The lowest BCUT2D eigenvalue weighted by atomic mass is 10.1. The molecule has 0 bridgehead atoms. The van der Waals surface area contributed by atoms with Crippen molar-refractivity contribution in [3.63, 3.8) is 0 Å². The molecule has 6 heterocycles. The predicted molar refractivity (Wildman–Crippen MR) is 169 cm³/mol. The zero-order valence-corrected chi connectivity index (χ0v) is 23.7. The van der Waals surface area contributed by atoms with Gasteiger partial charge in [0.1, 0.15) is 0 Å². The van der Waals surface area contributed by atoms with E-state index in [1.54, 1.807) is 26.5 Å². The van der Waals surface area contributed by atoms with Gasteiger partial charge in [-0.15, -0.1) is 0 Å². The van der Waals surface area contributed by atoms with Crippen LogP contribution in [0.5, 0.6) is 0 Å². The maximum absolute atomic E-state index is 11.5. The van der Waals surface area contributed by atoms with E-state index in [1.165, 1.54) is 9.13 Å². The quantitative estimate of drug-likeness (QED) is 0.237. The van der Waals surface area contributed by atoms with Gasteiger partial charge in [0.25, 0.3) is 0 Å². The fraction of sp³-hybridized carbons (Fsp3) is 0.0625. The Morgan fingerprint density at radius 3 is 1.75 bits per heavy atom. The van der Waals surface area contributed by atoms with Gasteiger partial charge in [-0.1, -0.05) is 6.07 Å². The molecule has 0 unspecified atom stereocenters. The van der Waals surface area contributed by atoms with Crippen molar-refractivity contribution >= 4 is 21.8 Å². The number of hydrogen-bond acceptors (Lipinski definition) is 6. The molecule has 4 N–H and O–H groups in total. The Morgan fingerprint density at radius 1 is 0.614 bits per heavy atom. The van der Waals surface area contributed by atoms with Crippen LogP contribution in [0.4, 0.5) is 0 Å². The smallest absolute Gasteiger partial charge is 0.343 e. The summed E-state index contributed by atoms with van der Waals surface area (Å²) in [5.41, 5.74) is 7.29. The van der Waals surface area contributed by atoms with Crippen molar-refractivity contribution in [3.8, 4) is 45.4 Å². The first-order valence-corrected chi connectivity index (χ1v) is 13.8. The van der Waals surface area contributed by atoms with Crippen molar-refractivity contribution in [2.45, 2.75) is 0 Å². The average Bonchev–Trinajstić information content (AvgIpc) is 3.84. The highest BCUT2D eigenvalue weighted by Crippen LogP contribution is 2.28. The second kappa shape index (κ2) is 10.8. The monoisotopic (exact) mass is 582 g/mol. The van der Waals surface area contributed by atoms with Gasteiger partial charge >= 0.3 is 11.4 Å². The van der Waals surface area contributed by atoms with Crippen LogP contribution in [0.25, 0.3) is 67.2 Å². The summed E-state index contributed by atoms with van der Waals surface area (Å²) in [5, 5.41) is 15.1. The molecule has 0 radical (unpaired) electrons. The van der Waals surface area contributed by atoms with Crippen molar-refractivity contribution in [1.29, 1.82) is 0 Å². The van der Waals surface area contributed by atoms with Gasteiger partial charge in [0.15, 0.2) is 11.6 Å². The van der Waals surface area contributed by atoms with E-state index in [1.807, 2.05) is 79.0 Å². The van der Waals surface area contributed by atoms with Crippen molar-refractivity contribution < 1.29 is 0 Å². The van der Waals surface area contributed by atoms with Gasteiger partial charge in [-0.2, -0.15) is 10.2 Å². The molecule has 12 heteroatoms. The standard InChI is InChI=1S/2C16H13N5O/c1-21-15(19-20-16(21)22)10-4-5-13-12(7-10)8-14(18-13)11-3-2-6-17-9-11;1-21-15(19-20-16(21)22)10-5-6-12-11(8-10)9-14(18-12)13-4-2-3-7-17-13/h2*2-9,18H,1H3,(H,20,22). The molecule has 2 aromatic carbocycles. The van der Waals surface area contributed by atoms with E-state index in [4.69, 9.17) is 0 Å². The molecule has 12 nitrogen and oxygen atoms in total. The summed E-state index contributed by atoms with van der Waals surface area (Å²) < 4.78 is 2.99. The first kappa shape index (κ1) is 26.6. The summed E-state index contributed by atoms with van der Waals surface area (Å²) in [7, 11) is 3.39. The third-order valence-electron chi connectivity index (χ3n) is 7.43. The highest BCUT2D eigenvalue weighted by Gasteiger charge is 2.11. The molecule has 0 saturated heterocycles. The normalized spacial score (nSPS) is 11.1. The Labute approximate surface area is 249 Å². The van der Waals surface area contributed by atoms with Crippen molar-refractivity contribution in [2.24, 2.45) is 14.1 Å². The van der Waals surface area contributed by atoms with E-state index in [0.29, 0.717) is 11.6 Å². The molecule has 0 spiro atoms. The highest BCUT2D eigenvalue weighted by atomic mass is 16.2. The number of nitrogens with one attached hydrogen (secondary N) is 4. The molecule has 0 aliphatic heterocycles. The third kappa shape index (κ3) is 4.90. The molecule has 216 valence electrons. The fourth-order valence-electron chi connectivity index (χ4n) is 5.09. The summed E-state index contributed by atoms with van der Waals surface area (Å²) in [6.07, 6.45) is 5.34. The molecule has 0 amide bonds. The molecule has 0 saturated carbocycles. The minimum Gasteiger partial charge on any atom is -0.354 e. The minimum absolute atomic E-state index is 0.222. The Morgan fingerprint density at radius 2 is 1.23 bits per heavy atom. The molecule has 6 aromatic heterocycles. The second-order valence-corrected chi connectivity index (χ2v) is 10.2. The molecule has 0 aliphatic rings. The van der Waals surface area contributed by atoms with E-state index >= 15 is 0 Å². The van der Waals surface area contributed by atoms with Gasteiger partial charge in [0, 0.05) is 76.9 Å². The Hall–Kier alpha value is -6.30. The largest absolute Gasteiger partial charge is 0.354 e. The lowest BCUT2D eigenvalue weighted by molar-refractivity contribution is 0.869. The lowest BCUT2D eigenvalue weighted by Crippen LogP contribution is -2.13. The molecular formula is C32H26N10O2. The van der Waals surface area contributed by atoms with E-state index in [0.717, 1.165) is 55.6 Å². The van der Waals surface area contributed by atoms with Gasteiger partial charge in [-0.3, -0.25) is 19.1 Å². The van der Waals surface area contributed by atoms with Crippen LogP contribution in [-0.2, 0) is 14.1 Å². The molecule has 8 aromatic rings. The Kier molecular flexibility index (Phi) is 6.55. The maximum atomic E-state index is 11.5. The van der Waals surface area contributed by atoms with Gasteiger partial charge in [-0.25, -0.2) is 19.8 Å². The number of fused-ring (bicyclic) bond motifs is 2. The number of benzene rings is 2. The lowest BCUT2D eigenvalue weighted by Gasteiger charge is -1.99. The molecular weight excluding hydrogens is 556 g/mol. The van der Waals surface area contributed by atoms with Crippen molar-refractivity contribution in [3.05, 3.63) is 118 Å². The number of nitrogens with zero attached hydrogens (tertiary/aromatic N) is 6.